The van der Waals surface area contributed by atoms with Crippen molar-refractivity contribution in [1.82, 2.24) is 4.90 Å². The number of hydrogen-bond donors (Lipinski definition) is 0. The molecule has 0 bridgehead atoms. The lowest BCUT2D eigenvalue weighted by atomic mass is 10.1. The molecule has 1 aromatic rings. The third kappa shape index (κ3) is 3.80. The first-order valence-corrected chi connectivity index (χ1v) is 7.29. The van der Waals surface area contributed by atoms with Gasteiger partial charge in [-0.3, -0.25) is 4.90 Å². The van der Waals surface area contributed by atoms with Crippen molar-refractivity contribution >= 4 is 15.9 Å². The van der Waals surface area contributed by atoms with Crippen molar-refractivity contribution < 1.29 is 4.74 Å². The number of hydrogen-bond acceptors (Lipinski definition) is 2. The summed E-state index contributed by atoms with van der Waals surface area (Å²) in [7, 11) is 0. The molecular formula is C14H20BrNO. The zero-order valence-electron chi connectivity index (χ0n) is 10.5. The lowest BCUT2D eigenvalue weighted by Crippen LogP contribution is -2.46. The molecule has 2 nitrogen and oxygen atoms in total. The first-order chi connectivity index (χ1) is 8.17. The molecule has 17 heavy (non-hydrogen) atoms. The predicted molar refractivity (Wildman–Crippen MR) is 74.6 cm³/mol. The molecule has 1 heterocycles. The standard InChI is InChI=1S/C14H20BrNO/c1-11-3-5-13(6-4-11)9-16-8-12(2)17-14(7-15)10-16/h3-6,12,14H,7-10H2,1-2H3. The fraction of sp³-hybridized carbons (Fsp3) is 0.571. The van der Waals surface area contributed by atoms with Gasteiger partial charge in [-0.1, -0.05) is 45.8 Å². The number of benzene rings is 1. The lowest BCUT2D eigenvalue weighted by molar-refractivity contribution is -0.0678. The number of rotatable bonds is 3. The predicted octanol–water partition coefficient (Wildman–Crippen LogP) is 2.98. The maximum atomic E-state index is 5.83. The number of alkyl halides is 1. The van der Waals surface area contributed by atoms with Crippen LogP contribution in [0.15, 0.2) is 24.3 Å². The summed E-state index contributed by atoms with van der Waals surface area (Å²) in [6, 6.07) is 8.81. The van der Waals surface area contributed by atoms with E-state index in [0.717, 1.165) is 25.0 Å². The molecule has 94 valence electrons. The van der Waals surface area contributed by atoms with E-state index in [4.69, 9.17) is 4.74 Å². The second-order valence-corrected chi connectivity index (χ2v) is 5.55. The van der Waals surface area contributed by atoms with Crippen LogP contribution < -0.4 is 0 Å². The van der Waals surface area contributed by atoms with Crippen LogP contribution in [0.1, 0.15) is 18.1 Å². The van der Waals surface area contributed by atoms with Crippen LogP contribution in [-0.2, 0) is 11.3 Å². The Labute approximate surface area is 112 Å². The second kappa shape index (κ2) is 5.98. The lowest BCUT2D eigenvalue weighted by Gasteiger charge is -2.36. The quantitative estimate of drug-likeness (QED) is 0.796. The average Bonchev–Trinajstić information content (AvgIpc) is 2.31. The second-order valence-electron chi connectivity index (χ2n) is 4.90. The Balaban J connectivity index is 1.95. The Morgan fingerprint density at radius 3 is 2.65 bits per heavy atom. The fourth-order valence-corrected chi connectivity index (χ4v) is 2.66. The number of ether oxygens (including phenoxy) is 1. The molecule has 1 aliphatic heterocycles. The van der Waals surface area contributed by atoms with Crippen molar-refractivity contribution in [2.45, 2.75) is 32.6 Å². The van der Waals surface area contributed by atoms with E-state index < -0.39 is 0 Å². The molecule has 2 atom stereocenters. The van der Waals surface area contributed by atoms with Gasteiger partial charge in [0, 0.05) is 25.0 Å². The smallest absolute Gasteiger partial charge is 0.0802 e. The van der Waals surface area contributed by atoms with Crippen LogP contribution in [-0.4, -0.2) is 35.5 Å². The molecule has 0 aromatic heterocycles. The maximum absolute atomic E-state index is 5.83. The van der Waals surface area contributed by atoms with E-state index in [0.29, 0.717) is 12.2 Å². The third-order valence-corrected chi connectivity index (χ3v) is 3.82. The molecule has 0 radical (unpaired) electrons. The van der Waals surface area contributed by atoms with Crippen LogP contribution in [0.25, 0.3) is 0 Å². The van der Waals surface area contributed by atoms with Crippen molar-refractivity contribution in [3.8, 4) is 0 Å². The van der Waals surface area contributed by atoms with Crippen LogP contribution in [0.4, 0.5) is 0 Å². The maximum Gasteiger partial charge on any atom is 0.0802 e. The van der Waals surface area contributed by atoms with Crippen LogP contribution >= 0.6 is 15.9 Å². The van der Waals surface area contributed by atoms with Gasteiger partial charge in [0.1, 0.15) is 0 Å². The molecule has 3 heteroatoms. The van der Waals surface area contributed by atoms with Gasteiger partial charge in [0.2, 0.25) is 0 Å². The Morgan fingerprint density at radius 1 is 1.29 bits per heavy atom. The minimum atomic E-state index is 0.323. The minimum Gasteiger partial charge on any atom is -0.372 e. The van der Waals surface area contributed by atoms with Crippen LogP contribution in [0.5, 0.6) is 0 Å². The molecule has 0 amide bonds. The Kier molecular flexibility index (Phi) is 4.60. The van der Waals surface area contributed by atoms with Gasteiger partial charge >= 0.3 is 0 Å². The molecule has 1 aliphatic rings. The average molecular weight is 298 g/mol. The van der Waals surface area contributed by atoms with Crippen molar-refractivity contribution in [2.75, 3.05) is 18.4 Å². The van der Waals surface area contributed by atoms with Gasteiger partial charge in [-0.15, -0.1) is 0 Å². The first-order valence-electron chi connectivity index (χ1n) is 6.16. The monoisotopic (exact) mass is 297 g/mol. The minimum absolute atomic E-state index is 0.323. The topological polar surface area (TPSA) is 12.5 Å². The van der Waals surface area contributed by atoms with E-state index in [1.54, 1.807) is 0 Å². The van der Waals surface area contributed by atoms with Gasteiger partial charge < -0.3 is 4.74 Å². The van der Waals surface area contributed by atoms with Gasteiger partial charge in [-0.2, -0.15) is 0 Å². The van der Waals surface area contributed by atoms with Gasteiger partial charge in [-0.05, 0) is 19.4 Å². The number of halogens is 1. The summed E-state index contributed by atoms with van der Waals surface area (Å²) in [5.41, 5.74) is 2.71. The van der Waals surface area contributed by atoms with Gasteiger partial charge in [0.25, 0.3) is 0 Å². The molecule has 1 fully saturated rings. The van der Waals surface area contributed by atoms with E-state index in [1.165, 1.54) is 11.1 Å². The zero-order chi connectivity index (χ0) is 12.3. The van der Waals surface area contributed by atoms with Crippen LogP contribution in [0.3, 0.4) is 0 Å². The largest absolute Gasteiger partial charge is 0.372 e. The molecule has 0 N–H and O–H groups in total. The summed E-state index contributed by atoms with van der Waals surface area (Å²) in [6.45, 7) is 7.34. The van der Waals surface area contributed by atoms with Crippen molar-refractivity contribution in [3.63, 3.8) is 0 Å². The van der Waals surface area contributed by atoms with Gasteiger partial charge in [0.15, 0.2) is 0 Å². The number of nitrogens with zero attached hydrogens (tertiary/aromatic N) is 1. The Morgan fingerprint density at radius 2 is 2.00 bits per heavy atom. The fourth-order valence-electron chi connectivity index (χ4n) is 2.31. The summed E-state index contributed by atoms with van der Waals surface area (Å²) in [4.78, 5) is 2.48. The first kappa shape index (κ1) is 13.1. The van der Waals surface area contributed by atoms with E-state index >= 15 is 0 Å². The highest BCUT2D eigenvalue weighted by Crippen LogP contribution is 2.16. The highest BCUT2D eigenvalue weighted by atomic mass is 79.9. The van der Waals surface area contributed by atoms with E-state index in [1.807, 2.05) is 0 Å². The van der Waals surface area contributed by atoms with Crippen LogP contribution in [0, 0.1) is 6.92 Å². The summed E-state index contributed by atoms with van der Waals surface area (Å²) >= 11 is 3.51. The SMILES string of the molecule is Cc1ccc(CN2CC(C)OC(CBr)C2)cc1. The van der Waals surface area contributed by atoms with Gasteiger partial charge in [0.05, 0.1) is 12.2 Å². The molecule has 0 aliphatic carbocycles. The summed E-state index contributed by atoms with van der Waals surface area (Å²) < 4.78 is 5.83. The highest BCUT2D eigenvalue weighted by molar-refractivity contribution is 9.09. The summed E-state index contributed by atoms with van der Waals surface area (Å²) in [6.07, 6.45) is 0.654. The van der Waals surface area contributed by atoms with Crippen molar-refractivity contribution in [3.05, 3.63) is 35.4 Å². The van der Waals surface area contributed by atoms with E-state index in [-0.39, 0.29) is 0 Å². The van der Waals surface area contributed by atoms with Crippen molar-refractivity contribution in [1.29, 1.82) is 0 Å². The van der Waals surface area contributed by atoms with Crippen molar-refractivity contribution in [2.24, 2.45) is 0 Å². The van der Waals surface area contributed by atoms with Crippen LogP contribution in [0.2, 0.25) is 0 Å². The Hall–Kier alpha value is -0.380. The Bertz CT molecular complexity index is 352. The number of aryl methyl sites for hydroxylation is 1. The molecule has 2 unspecified atom stereocenters. The zero-order valence-corrected chi connectivity index (χ0v) is 12.1. The molecule has 2 rings (SSSR count). The molecule has 1 aromatic carbocycles. The van der Waals surface area contributed by atoms with E-state index in [2.05, 4.69) is 58.9 Å². The van der Waals surface area contributed by atoms with E-state index in [9.17, 15) is 0 Å². The molecular weight excluding hydrogens is 278 g/mol. The number of morpholine rings is 1. The highest BCUT2D eigenvalue weighted by Gasteiger charge is 2.24. The summed E-state index contributed by atoms with van der Waals surface area (Å²) in [5, 5.41) is 0.918. The van der Waals surface area contributed by atoms with Gasteiger partial charge in [-0.25, -0.2) is 0 Å². The molecule has 0 saturated carbocycles. The third-order valence-electron chi connectivity index (χ3n) is 3.10. The summed E-state index contributed by atoms with van der Waals surface area (Å²) in [5.74, 6) is 0. The molecule has 0 spiro atoms. The molecule has 1 saturated heterocycles. The normalized spacial score (nSPS) is 26.1.